The molecule has 0 amide bonds. The molecule has 4 aromatic rings. The van der Waals surface area contributed by atoms with Crippen LogP contribution in [0.1, 0.15) is 5.56 Å². The van der Waals surface area contributed by atoms with Crippen molar-refractivity contribution in [2.45, 2.75) is 6.54 Å². The third-order valence-corrected chi connectivity index (χ3v) is 4.51. The number of aryl methyl sites for hydroxylation is 1. The van der Waals surface area contributed by atoms with Gasteiger partial charge in [0.2, 0.25) is 5.95 Å². The lowest BCUT2D eigenvalue weighted by Gasteiger charge is -2.10. The van der Waals surface area contributed by atoms with Crippen molar-refractivity contribution in [1.29, 1.82) is 0 Å². The summed E-state index contributed by atoms with van der Waals surface area (Å²) in [5.41, 5.74) is 3.27. The van der Waals surface area contributed by atoms with Crippen LogP contribution in [0.25, 0.3) is 11.2 Å². The lowest BCUT2D eigenvalue weighted by Crippen LogP contribution is -2.29. The number of nitrogens with zero attached hydrogens (tertiary/aromatic N) is 4. The summed E-state index contributed by atoms with van der Waals surface area (Å²) in [6, 6.07) is 18.9. The van der Waals surface area contributed by atoms with Crippen LogP contribution in [0.3, 0.4) is 0 Å². The Morgan fingerprint density at radius 2 is 1.80 bits per heavy atom. The number of para-hydroxylation sites is 1. The van der Waals surface area contributed by atoms with Crippen LogP contribution in [0.15, 0.2) is 75.4 Å². The second-order valence-corrected chi connectivity index (χ2v) is 6.52. The first-order chi connectivity index (χ1) is 14.6. The first-order valence-electron chi connectivity index (χ1n) is 9.35. The molecule has 0 bridgehead atoms. The number of anilines is 1. The molecule has 0 aliphatic rings. The van der Waals surface area contributed by atoms with E-state index >= 15 is 0 Å². The van der Waals surface area contributed by atoms with E-state index in [2.05, 4.69) is 20.5 Å². The summed E-state index contributed by atoms with van der Waals surface area (Å²) in [6.45, 7) is 0.630. The number of aromatic nitrogens is 4. The monoisotopic (exact) mass is 404 g/mol. The molecule has 152 valence electrons. The predicted molar refractivity (Wildman–Crippen MR) is 115 cm³/mol. The lowest BCUT2D eigenvalue weighted by molar-refractivity contribution is 0.301. The number of rotatable bonds is 7. The zero-order chi connectivity index (χ0) is 20.9. The van der Waals surface area contributed by atoms with Gasteiger partial charge in [0, 0.05) is 7.05 Å². The zero-order valence-electron chi connectivity index (χ0n) is 16.3. The fourth-order valence-electron chi connectivity index (χ4n) is 3.01. The predicted octanol–water partition coefficient (Wildman–Crippen LogP) is 1.95. The molecule has 0 saturated carbocycles. The topological polar surface area (TPSA) is 106 Å². The highest BCUT2D eigenvalue weighted by atomic mass is 16.5. The highest BCUT2D eigenvalue weighted by Gasteiger charge is 2.17. The normalized spacial score (nSPS) is 11.2. The Kier molecular flexibility index (Phi) is 5.42. The minimum Gasteiger partial charge on any atom is -0.492 e. The average Bonchev–Trinajstić information content (AvgIpc) is 3.13. The number of H-pyrrole nitrogens is 1. The van der Waals surface area contributed by atoms with Crippen LogP contribution in [0.5, 0.6) is 5.75 Å². The van der Waals surface area contributed by atoms with Crippen LogP contribution in [0, 0.1) is 0 Å². The van der Waals surface area contributed by atoms with E-state index in [1.165, 1.54) is 4.57 Å². The number of hydrogen-bond acceptors (Lipinski definition) is 6. The summed E-state index contributed by atoms with van der Waals surface area (Å²) in [4.78, 5) is 31.2. The fraction of sp³-hybridized carbons (Fsp3) is 0.143. The maximum atomic E-state index is 12.5. The van der Waals surface area contributed by atoms with Crippen molar-refractivity contribution >= 4 is 23.3 Å². The Bertz CT molecular complexity index is 1290. The molecule has 0 aliphatic heterocycles. The summed E-state index contributed by atoms with van der Waals surface area (Å²) < 4.78 is 8.70. The van der Waals surface area contributed by atoms with Crippen LogP contribution in [0.4, 0.5) is 5.95 Å². The number of hydrogen-bond donors (Lipinski definition) is 2. The van der Waals surface area contributed by atoms with Crippen LogP contribution in [0.2, 0.25) is 0 Å². The van der Waals surface area contributed by atoms with Gasteiger partial charge in [-0.05, 0) is 17.7 Å². The van der Waals surface area contributed by atoms with Gasteiger partial charge in [-0.25, -0.2) is 10.2 Å². The number of imidazole rings is 1. The van der Waals surface area contributed by atoms with Crippen LogP contribution in [-0.2, 0) is 13.6 Å². The van der Waals surface area contributed by atoms with Crippen LogP contribution >= 0.6 is 0 Å². The maximum Gasteiger partial charge on any atom is 0.329 e. The third-order valence-electron chi connectivity index (χ3n) is 4.51. The first-order valence-corrected chi connectivity index (χ1v) is 9.35. The fourth-order valence-corrected chi connectivity index (χ4v) is 3.01. The van der Waals surface area contributed by atoms with Gasteiger partial charge in [0.25, 0.3) is 5.56 Å². The van der Waals surface area contributed by atoms with Gasteiger partial charge in [-0.2, -0.15) is 10.1 Å². The second-order valence-electron chi connectivity index (χ2n) is 6.52. The molecule has 2 N–H and O–H groups in total. The van der Waals surface area contributed by atoms with Crippen molar-refractivity contribution in [2.75, 3.05) is 12.0 Å². The molecule has 0 unspecified atom stereocenters. The number of ether oxygens (including phenoxy) is 1. The van der Waals surface area contributed by atoms with E-state index in [4.69, 9.17) is 4.74 Å². The summed E-state index contributed by atoms with van der Waals surface area (Å²) in [7, 11) is 1.55. The first kappa shape index (κ1) is 19.2. The largest absolute Gasteiger partial charge is 0.492 e. The Morgan fingerprint density at radius 3 is 2.53 bits per heavy atom. The summed E-state index contributed by atoms with van der Waals surface area (Å²) in [5, 5.41) is 4.22. The molecule has 0 atom stereocenters. The average molecular weight is 404 g/mol. The summed E-state index contributed by atoms with van der Waals surface area (Å²) >= 11 is 0. The van der Waals surface area contributed by atoms with Crippen molar-refractivity contribution in [1.82, 2.24) is 19.1 Å². The Hall–Kier alpha value is -4.14. The van der Waals surface area contributed by atoms with Crippen molar-refractivity contribution in [3.8, 4) is 5.75 Å². The van der Waals surface area contributed by atoms with Crippen LogP contribution < -0.4 is 21.4 Å². The highest BCUT2D eigenvalue weighted by Crippen LogP contribution is 2.16. The third kappa shape index (κ3) is 4.00. The Balaban J connectivity index is 1.65. The van der Waals surface area contributed by atoms with Gasteiger partial charge in [-0.15, -0.1) is 0 Å². The van der Waals surface area contributed by atoms with Gasteiger partial charge in [0.1, 0.15) is 12.4 Å². The Morgan fingerprint density at radius 1 is 1.10 bits per heavy atom. The molecule has 0 radical (unpaired) electrons. The molecule has 2 heterocycles. The minimum absolute atomic E-state index is 0.265. The van der Waals surface area contributed by atoms with Gasteiger partial charge in [-0.1, -0.05) is 48.5 Å². The van der Waals surface area contributed by atoms with Gasteiger partial charge in [0.05, 0.1) is 12.8 Å². The van der Waals surface area contributed by atoms with E-state index < -0.39 is 11.2 Å². The van der Waals surface area contributed by atoms with E-state index in [9.17, 15) is 9.59 Å². The molecule has 9 heteroatoms. The number of hydrazone groups is 1. The highest BCUT2D eigenvalue weighted by molar-refractivity contribution is 5.80. The summed E-state index contributed by atoms with van der Waals surface area (Å²) in [5.74, 6) is 1.06. The van der Waals surface area contributed by atoms with Crippen molar-refractivity contribution in [2.24, 2.45) is 12.1 Å². The number of aromatic amines is 1. The van der Waals surface area contributed by atoms with E-state index in [1.807, 2.05) is 60.7 Å². The van der Waals surface area contributed by atoms with E-state index in [0.29, 0.717) is 19.1 Å². The molecule has 0 fully saturated rings. The maximum absolute atomic E-state index is 12.5. The second kappa shape index (κ2) is 8.48. The van der Waals surface area contributed by atoms with E-state index in [-0.39, 0.29) is 11.2 Å². The minimum atomic E-state index is -0.531. The molecule has 2 aromatic carbocycles. The lowest BCUT2D eigenvalue weighted by atomic mass is 10.2. The SMILES string of the molecule is Cn1c(=O)[nH]c(=O)c2c1nc(N/N=C/c1ccccc1)n2CCOc1ccccc1. The summed E-state index contributed by atoms with van der Waals surface area (Å²) in [6.07, 6.45) is 1.65. The van der Waals surface area contributed by atoms with Crippen molar-refractivity contribution < 1.29 is 4.74 Å². The van der Waals surface area contributed by atoms with E-state index in [1.54, 1.807) is 17.8 Å². The van der Waals surface area contributed by atoms with E-state index in [0.717, 1.165) is 11.3 Å². The molecule has 2 aromatic heterocycles. The van der Waals surface area contributed by atoms with Gasteiger partial charge in [-0.3, -0.25) is 18.9 Å². The number of fused-ring (bicyclic) bond motifs is 1. The molecule has 0 saturated heterocycles. The molecular weight excluding hydrogens is 384 g/mol. The van der Waals surface area contributed by atoms with Gasteiger partial charge < -0.3 is 4.74 Å². The van der Waals surface area contributed by atoms with Crippen molar-refractivity contribution in [3.05, 3.63) is 87.1 Å². The van der Waals surface area contributed by atoms with Crippen LogP contribution in [-0.4, -0.2) is 31.9 Å². The quantitative estimate of drug-likeness (QED) is 0.362. The number of benzene rings is 2. The van der Waals surface area contributed by atoms with Gasteiger partial charge in [0.15, 0.2) is 11.2 Å². The molecule has 4 rings (SSSR count). The molecule has 0 aliphatic carbocycles. The molecule has 9 nitrogen and oxygen atoms in total. The molecular formula is C21H20N6O3. The molecule has 0 spiro atoms. The smallest absolute Gasteiger partial charge is 0.329 e. The Labute approximate surface area is 171 Å². The molecule has 30 heavy (non-hydrogen) atoms. The van der Waals surface area contributed by atoms with Gasteiger partial charge >= 0.3 is 5.69 Å². The zero-order valence-corrected chi connectivity index (χ0v) is 16.3. The number of nitrogens with one attached hydrogen (secondary N) is 2. The standard InChI is InChI=1S/C21H20N6O3/c1-26-18-17(19(28)24-21(26)29)27(12-13-30-16-10-6-3-7-11-16)20(23-18)25-22-14-15-8-4-2-5-9-15/h2-11,14H,12-13H2,1H3,(H,23,25)(H,24,28,29)/b22-14+. The van der Waals surface area contributed by atoms with Crippen molar-refractivity contribution in [3.63, 3.8) is 0 Å².